The van der Waals surface area contributed by atoms with Crippen molar-refractivity contribution in [1.29, 1.82) is 5.26 Å². The summed E-state index contributed by atoms with van der Waals surface area (Å²) >= 11 is 0. The van der Waals surface area contributed by atoms with E-state index in [-0.39, 0.29) is 11.1 Å². The van der Waals surface area contributed by atoms with E-state index in [4.69, 9.17) is 16.4 Å². The zero-order valence-corrected chi connectivity index (χ0v) is 12.1. The van der Waals surface area contributed by atoms with Crippen molar-refractivity contribution in [2.24, 2.45) is 0 Å². The molecule has 4 nitrogen and oxygen atoms in total. The van der Waals surface area contributed by atoms with Gasteiger partial charge >= 0.3 is 0 Å². The molecule has 3 atom stereocenters. The van der Waals surface area contributed by atoms with E-state index in [0.717, 1.165) is 45.6 Å². The maximum atomic E-state index is 8.94. The minimum Gasteiger partial charge on any atom is -0.375 e. The van der Waals surface area contributed by atoms with Gasteiger partial charge in [-0.25, -0.2) is 0 Å². The van der Waals surface area contributed by atoms with E-state index in [9.17, 15) is 0 Å². The molecule has 2 heterocycles. The number of ether oxygens (including phenoxy) is 1. The number of hydrogen-bond donors (Lipinski definition) is 2. The predicted octanol–water partition coefficient (Wildman–Crippen LogP) is -1.75. The summed E-state index contributed by atoms with van der Waals surface area (Å²) in [6.07, 6.45) is 7.64. The molecule has 2 aliphatic rings. The van der Waals surface area contributed by atoms with Crippen LogP contribution in [0.3, 0.4) is 0 Å². The largest absolute Gasteiger partial charge is 0.375 e. The van der Waals surface area contributed by atoms with Crippen LogP contribution < -0.4 is 9.80 Å². The maximum absolute atomic E-state index is 8.94. The third kappa shape index (κ3) is 3.09. The smallest absolute Gasteiger partial charge is 0.165 e. The van der Waals surface area contributed by atoms with Gasteiger partial charge in [0.15, 0.2) is 12.1 Å². The SMILES string of the molecule is C#CC[NH+]1CC[NH+](CC#N)C[C@]12CCOC(C)(C)C2. The molecular weight excluding hydrogens is 238 g/mol. The van der Waals surface area contributed by atoms with Crippen molar-refractivity contribution in [2.45, 2.75) is 37.8 Å². The number of nitriles is 1. The highest BCUT2D eigenvalue weighted by Crippen LogP contribution is 2.29. The molecule has 0 aromatic carbocycles. The van der Waals surface area contributed by atoms with Gasteiger partial charge in [0, 0.05) is 12.8 Å². The normalized spacial score (nSPS) is 37.5. The summed E-state index contributed by atoms with van der Waals surface area (Å²) in [5, 5.41) is 8.94. The van der Waals surface area contributed by atoms with Crippen molar-refractivity contribution >= 4 is 0 Å². The topological polar surface area (TPSA) is 41.9 Å². The fourth-order valence-corrected chi connectivity index (χ4v) is 3.88. The third-order valence-electron chi connectivity index (χ3n) is 4.60. The molecule has 104 valence electrons. The molecule has 0 aliphatic carbocycles. The number of nitrogens with one attached hydrogen (secondary N) is 2. The van der Waals surface area contributed by atoms with Gasteiger partial charge in [-0.15, -0.1) is 6.42 Å². The zero-order chi connectivity index (χ0) is 13.9. The first kappa shape index (κ1) is 14.3. The molecule has 2 rings (SSSR count). The molecule has 0 aromatic rings. The summed E-state index contributed by atoms with van der Waals surface area (Å²) in [6.45, 7) is 9.69. The summed E-state index contributed by atoms with van der Waals surface area (Å²) in [4.78, 5) is 2.93. The number of nitrogens with zero attached hydrogens (tertiary/aromatic N) is 1. The second-order valence-corrected chi connectivity index (χ2v) is 6.56. The Labute approximate surface area is 116 Å². The number of rotatable bonds is 2. The van der Waals surface area contributed by atoms with Crippen LogP contribution in [0.15, 0.2) is 0 Å². The Hall–Kier alpha value is -1.07. The Bertz CT molecular complexity index is 407. The second-order valence-electron chi connectivity index (χ2n) is 6.56. The Balaban J connectivity index is 2.19. The second kappa shape index (κ2) is 5.51. The van der Waals surface area contributed by atoms with Crippen LogP contribution in [-0.4, -0.2) is 50.5 Å². The molecule has 2 saturated heterocycles. The van der Waals surface area contributed by atoms with E-state index in [2.05, 4.69) is 25.8 Å². The minimum absolute atomic E-state index is 0.0762. The van der Waals surface area contributed by atoms with E-state index >= 15 is 0 Å². The summed E-state index contributed by atoms with van der Waals surface area (Å²) < 4.78 is 5.88. The van der Waals surface area contributed by atoms with Gasteiger partial charge in [-0.05, 0) is 19.8 Å². The lowest BCUT2D eigenvalue weighted by molar-refractivity contribution is -1.05. The first-order valence-electron chi connectivity index (χ1n) is 7.14. The van der Waals surface area contributed by atoms with E-state index < -0.39 is 0 Å². The van der Waals surface area contributed by atoms with E-state index in [1.165, 1.54) is 9.80 Å². The van der Waals surface area contributed by atoms with Crippen LogP contribution in [0.25, 0.3) is 0 Å². The van der Waals surface area contributed by atoms with E-state index in [1.54, 1.807) is 0 Å². The van der Waals surface area contributed by atoms with Crippen LogP contribution in [-0.2, 0) is 4.74 Å². The van der Waals surface area contributed by atoms with Gasteiger partial charge < -0.3 is 14.5 Å². The van der Waals surface area contributed by atoms with E-state index in [0.29, 0.717) is 6.54 Å². The fraction of sp³-hybridized carbons (Fsp3) is 0.800. The number of hydrogen-bond acceptors (Lipinski definition) is 2. The van der Waals surface area contributed by atoms with E-state index in [1.807, 2.05) is 0 Å². The highest BCUT2D eigenvalue weighted by molar-refractivity contribution is 4.94. The van der Waals surface area contributed by atoms with Crippen LogP contribution in [0.1, 0.15) is 26.7 Å². The molecule has 0 bridgehead atoms. The first-order chi connectivity index (χ1) is 9.01. The van der Waals surface area contributed by atoms with Crippen LogP contribution in [0.4, 0.5) is 0 Å². The van der Waals surface area contributed by atoms with Gasteiger partial charge in [-0.1, -0.05) is 0 Å². The minimum atomic E-state index is -0.0762. The zero-order valence-electron chi connectivity index (χ0n) is 12.1. The highest BCUT2D eigenvalue weighted by Gasteiger charge is 2.53. The van der Waals surface area contributed by atoms with Crippen molar-refractivity contribution in [1.82, 2.24) is 0 Å². The highest BCUT2D eigenvalue weighted by atomic mass is 16.5. The number of terminal acetylenes is 1. The van der Waals surface area contributed by atoms with Crippen molar-refractivity contribution < 1.29 is 14.5 Å². The summed E-state index contributed by atoms with van der Waals surface area (Å²) in [5.41, 5.74) is 0.117. The van der Waals surface area contributed by atoms with Crippen molar-refractivity contribution in [3.63, 3.8) is 0 Å². The van der Waals surface area contributed by atoms with Gasteiger partial charge in [0.05, 0.1) is 12.2 Å². The average Bonchev–Trinajstić information content (AvgIpc) is 2.32. The standard InChI is InChI=1S/C15H23N3O/c1-4-7-18-10-9-17(8-6-16)13-15(18)5-11-19-14(2,3)12-15/h1H,5,7-13H2,2-3H3/p+2/t15-/m1/s1. The number of piperazine rings is 1. The lowest BCUT2D eigenvalue weighted by atomic mass is 9.78. The molecule has 0 aromatic heterocycles. The molecule has 4 heteroatoms. The molecule has 2 fully saturated rings. The summed E-state index contributed by atoms with van der Waals surface area (Å²) in [7, 11) is 0. The van der Waals surface area contributed by atoms with Gasteiger partial charge in [0.1, 0.15) is 32.2 Å². The summed E-state index contributed by atoms with van der Waals surface area (Å²) in [6, 6.07) is 2.31. The Kier molecular flexibility index (Phi) is 4.16. The molecule has 2 aliphatic heterocycles. The molecule has 0 saturated carbocycles. The average molecular weight is 263 g/mol. The lowest BCUT2D eigenvalue weighted by Gasteiger charge is -2.50. The van der Waals surface area contributed by atoms with Crippen LogP contribution in [0.5, 0.6) is 0 Å². The molecule has 0 radical (unpaired) electrons. The van der Waals surface area contributed by atoms with Crippen LogP contribution in [0, 0.1) is 23.7 Å². The third-order valence-corrected chi connectivity index (χ3v) is 4.60. The van der Waals surface area contributed by atoms with Crippen LogP contribution in [0.2, 0.25) is 0 Å². The molecule has 19 heavy (non-hydrogen) atoms. The Morgan fingerprint density at radius 1 is 1.32 bits per heavy atom. The van der Waals surface area contributed by atoms with Crippen LogP contribution >= 0.6 is 0 Å². The van der Waals surface area contributed by atoms with Crippen molar-refractivity contribution in [2.75, 3.05) is 39.3 Å². The fourth-order valence-electron chi connectivity index (χ4n) is 3.88. The predicted molar refractivity (Wildman–Crippen MR) is 72.7 cm³/mol. The molecule has 2 unspecified atom stereocenters. The number of quaternary nitrogens is 2. The first-order valence-corrected chi connectivity index (χ1v) is 7.14. The van der Waals surface area contributed by atoms with Gasteiger partial charge in [-0.3, -0.25) is 0 Å². The quantitative estimate of drug-likeness (QED) is 0.458. The maximum Gasteiger partial charge on any atom is 0.165 e. The summed E-state index contributed by atoms with van der Waals surface area (Å²) in [5.74, 6) is 2.83. The molecular formula is C15H25N3O+2. The molecule has 0 amide bonds. The van der Waals surface area contributed by atoms with Gasteiger partial charge in [0.25, 0.3) is 0 Å². The molecule has 2 N–H and O–H groups in total. The monoisotopic (exact) mass is 263 g/mol. The Morgan fingerprint density at radius 2 is 2.11 bits per heavy atom. The van der Waals surface area contributed by atoms with Crippen molar-refractivity contribution in [3.05, 3.63) is 0 Å². The molecule has 1 spiro atoms. The van der Waals surface area contributed by atoms with Crippen molar-refractivity contribution in [3.8, 4) is 18.4 Å². The Morgan fingerprint density at radius 3 is 2.74 bits per heavy atom. The lowest BCUT2D eigenvalue weighted by Crippen LogP contribution is -3.34. The van der Waals surface area contributed by atoms with Gasteiger partial charge in [0.2, 0.25) is 0 Å². The van der Waals surface area contributed by atoms with Gasteiger partial charge in [-0.2, -0.15) is 5.26 Å².